The molecule has 4 heteroatoms. The Morgan fingerprint density at radius 1 is 1.47 bits per heavy atom. The second kappa shape index (κ2) is 5.27. The summed E-state index contributed by atoms with van der Waals surface area (Å²) < 4.78 is 13.2. The lowest BCUT2D eigenvalue weighted by Gasteiger charge is -2.29. The molecule has 0 saturated carbocycles. The standard InChI is InChI=1S/C13H17FN2O/c14-10-5-3-4-9(8-10)12(13(15)17)11-6-1-2-7-16-11/h3-5,8,11-12,16H,1-2,6-7H2,(H2,15,17)/t11-,12-/m0/s1. The molecular formula is C13H17FN2O. The summed E-state index contributed by atoms with van der Waals surface area (Å²) in [4.78, 5) is 11.6. The van der Waals surface area contributed by atoms with Crippen molar-refractivity contribution in [2.24, 2.45) is 5.73 Å². The first-order valence-electron chi connectivity index (χ1n) is 5.96. The van der Waals surface area contributed by atoms with Gasteiger partial charge >= 0.3 is 0 Å². The summed E-state index contributed by atoms with van der Waals surface area (Å²) in [5.74, 6) is -1.16. The molecule has 1 aliphatic rings. The van der Waals surface area contributed by atoms with Gasteiger partial charge in [0.05, 0.1) is 5.92 Å². The van der Waals surface area contributed by atoms with Crippen LogP contribution in [-0.2, 0) is 4.79 Å². The Balaban J connectivity index is 2.25. The summed E-state index contributed by atoms with van der Waals surface area (Å²) in [6.45, 7) is 0.893. The molecule has 2 rings (SSSR count). The zero-order valence-electron chi connectivity index (χ0n) is 9.66. The van der Waals surface area contributed by atoms with Crippen molar-refractivity contribution >= 4 is 5.91 Å². The van der Waals surface area contributed by atoms with Crippen LogP contribution < -0.4 is 11.1 Å². The van der Waals surface area contributed by atoms with Crippen LogP contribution in [0.15, 0.2) is 24.3 Å². The normalized spacial score (nSPS) is 22.1. The lowest BCUT2D eigenvalue weighted by molar-refractivity contribution is -0.120. The molecule has 2 atom stereocenters. The minimum atomic E-state index is -0.439. The predicted octanol–water partition coefficient (Wildman–Crippen LogP) is 1.54. The molecule has 1 saturated heterocycles. The topological polar surface area (TPSA) is 55.1 Å². The van der Waals surface area contributed by atoms with Gasteiger partial charge in [-0.2, -0.15) is 0 Å². The van der Waals surface area contributed by atoms with E-state index in [0.29, 0.717) is 5.56 Å². The van der Waals surface area contributed by atoms with Gasteiger partial charge in [-0.1, -0.05) is 18.6 Å². The quantitative estimate of drug-likeness (QED) is 0.836. The van der Waals surface area contributed by atoms with E-state index in [1.165, 1.54) is 12.1 Å². The van der Waals surface area contributed by atoms with Gasteiger partial charge in [0.2, 0.25) is 5.91 Å². The molecule has 0 unspecified atom stereocenters. The molecule has 1 aliphatic heterocycles. The molecule has 0 aliphatic carbocycles. The highest BCUT2D eigenvalue weighted by Crippen LogP contribution is 2.25. The Morgan fingerprint density at radius 2 is 2.29 bits per heavy atom. The highest BCUT2D eigenvalue weighted by molar-refractivity contribution is 5.82. The van der Waals surface area contributed by atoms with E-state index in [1.54, 1.807) is 12.1 Å². The van der Waals surface area contributed by atoms with E-state index < -0.39 is 11.8 Å². The molecule has 1 fully saturated rings. The van der Waals surface area contributed by atoms with Crippen LogP contribution in [0.5, 0.6) is 0 Å². The van der Waals surface area contributed by atoms with Gasteiger partial charge in [0.1, 0.15) is 5.82 Å². The maximum Gasteiger partial charge on any atom is 0.226 e. The zero-order valence-corrected chi connectivity index (χ0v) is 9.66. The average Bonchev–Trinajstić information content (AvgIpc) is 2.30. The summed E-state index contributed by atoms with van der Waals surface area (Å²) in [7, 11) is 0. The monoisotopic (exact) mass is 236 g/mol. The summed E-state index contributed by atoms with van der Waals surface area (Å²) in [5.41, 5.74) is 6.11. The fourth-order valence-electron chi connectivity index (χ4n) is 2.46. The number of rotatable bonds is 3. The number of hydrogen-bond donors (Lipinski definition) is 2. The first kappa shape index (κ1) is 12.0. The number of nitrogens with two attached hydrogens (primary N) is 1. The number of carbonyl (C=O) groups is 1. The first-order valence-corrected chi connectivity index (χ1v) is 5.96. The summed E-state index contributed by atoms with van der Waals surface area (Å²) in [6, 6.07) is 6.17. The molecule has 0 aromatic heterocycles. The summed E-state index contributed by atoms with van der Waals surface area (Å²) in [6.07, 6.45) is 3.10. The van der Waals surface area contributed by atoms with Crippen molar-refractivity contribution < 1.29 is 9.18 Å². The second-order valence-electron chi connectivity index (χ2n) is 4.49. The van der Waals surface area contributed by atoms with Crippen molar-refractivity contribution in [1.82, 2.24) is 5.32 Å². The molecule has 0 spiro atoms. The molecule has 1 aromatic carbocycles. The lowest BCUT2D eigenvalue weighted by atomic mass is 9.86. The molecule has 1 amide bonds. The molecule has 17 heavy (non-hydrogen) atoms. The SMILES string of the molecule is NC(=O)[C@@H](c1cccc(F)c1)[C@@H]1CCCCN1. The largest absolute Gasteiger partial charge is 0.369 e. The fraction of sp³-hybridized carbons (Fsp3) is 0.462. The van der Waals surface area contributed by atoms with Crippen molar-refractivity contribution in [3.05, 3.63) is 35.6 Å². The maximum absolute atomic E-state index is 13.2. The van der Waals surface area contributed by atoms with Gasteiger partial charge in [0, 0.05) is 6.04 Å². The Morgan fingerprint density at radius 3 is 2.88 bits per heavy atom. The minimum absolute atomic E-state index is 0.0306. The van der Waals surface area contributed by atoms with Crippen molar-refractivity contribution in [3.63, 3.8) is 0 Å². The fourth-order valence-corrected chi connectivity index (χ4v) is 2.46. The van der Waals surface area contributed by atoms with E-state index in [0.717, 1.165) is 25.8 Å². The molecule has 92 valence electrons. The van der Waals surface area contributed by atoms with E-state index in [2.05, 4.69) is 5.32 Å². The smallest absolute Gasteiger partial charge is 0.226 e. The van der Waals surface area contributed by atoms with Crippen LogP contribution in [-0.4, -0.2) is 18.5 Å². The Hall–Kier alpha value is -1.42. The van der Waals surface area contributed by atoms with E-state index in [9.17, 15) is 9.18 Å². The summed E-state index contributed by atoms with van der Waals surface area (Å²) in [5, 5.41) is 3.30. The van der Waals surface area contributed by atoms with Crippen molar-refractivity contribution in [1.29, 1.82) is 0 Å². The third kappa shape index (κ3) is 2.82. The van der Waals surface area contributed by atoms with E-state index in [-0.39, 0.29) is 11.9 Å². The molecule has 3 N–H and O–H groups in total. The Labute approximate surface area is 100 Å². The third-order valence-corrected chi connectivity index (χ3v) is 3.27. The molecular weight excluding hydrogens is 219 g/mol. The number of benzene rings is 1. The second-order valence-corrected chi connectivity index (χ2v) is 4.49. The van der Waals surface area contributed by atoms with E-state index >= 15 is 0 Å². The van der Waals surface area contributed by atoms with Gasteiger partial charge in [-0.3, -0.25) is 4.79 Å². The van der Waals surface area contributed by atoms with Gasteiger partial charge in [0.15, 0.2) is 0 Å². The zero-order chi connectivity index (χ0) is 12.3. The van der Waals surface area contributed by atoms with Crippen LogP contribution in [0, 0.1) is 5.82 Å². The number of nitrogens with one attached hydrogen (secondary N) is 1. The van der Waals surface area contributed by atoms with Crippen LogP contribution in [0.3, 0.4) is 0 Å². The number of carbonyl (C=O) groups excluding carboxylic acids is 1. The number of halogens is 1. The molecule has 1 aromatic rings. The third-order valence-electron chi connectivity index (χ3n) is 3.27. The van der Waals surface area contributed by atoms with E-state index in [1.807, 2.05) is 0 Å². The Bertz CT molecular complexity index is 402. The number of amides is 1. The van der Waals surface area contributed by atoms with Crippen LogP contribution in [0.2, 0.25) is 0 Å². The lowest BCUT2D eigenvalue weighted by Crippen LogP contribution is -2.43. The van der Waals surface area contributed by atoms with Crippen LogP contribution in [0.1, 0.15) is 30.7 Å². The van der Waals surface area contributed by atoms with Gasteiger partial charge in [0.25, 0.3) is 0 Å². The maximum atomic E-state index is 13.2. The van der Waals surface area contributed by atoms with Crippen molar-refractivity contribution in [2.75, 3.05) is 6.54 Å². The van der Waals surface area contributed by atoms with Gasteiger partial charge < -0.3 is 11.1 Å². The molecule has 0 radical (unpaired) electrons. The van der Waals surface area contributed by atoms with Gasteiger partial charge in [-0.25, -0.2) is 4.39 Å². The molecule has 3 nitrogen and oxygen atoms in total. The average molecular weight is 236 g/mol. The first-order chi connectivity index (χ1) is 8.18. The highest BCUT2D eigenvalue weighted by Gasteiger charge is 2.29. The molecule has 1 heterocycles. The van der Waals surface area contributed by atoms with Crippen LogP contribution in [0.25, 0.3) is 0 Å². The predicted molar refractivity (Wildman–Crippen MR) is 64.0 cm³/mol. The van der Waals surface area contributed by atoms with Crippen molar-refractivity contribution in [3.8, 4) is 0 Å². The molecule has 0 bridgehead atoms. The van der Waals surface area contributed by atoms with Gasteiger partial charge in [-0.15, -0.1) is 0 Å². The number of hydrogen-bond acceptors (Lipinski definition) is 2. The minimum Gasteiger partial charge on any atom is -0.369 e. The van der Waals surface area contributed by atoms with Gasteiger partial charge in [-0.05, 0) is 37.1 Å². The number of piperidine rings is 1. The van der Waals surface area contributed by atoms with Crippen LogP contribution >= 0.6 is 0 Å². The van der Waals surface area contributed by atoms with Crippen molar-refractivity contribution in [2.45, 2.75) is 31.2 Å². The van der Waals surface area contributed by atoms with Crippen LogP contribution in [0.4, 0.5) is 4.39 Å². The summed E-state index contributed by atoms with van der Waals surface area (Å²) >= 11 is 0. The highest BCUT2D eigenvalue weighted by atomic mass is 19.1. The number of primary amides is 1. The Kier molecular flexibility index (Phi) is 3.74. The van der Waals surface area contributed by atoms with E-state index in [4.69, 9.17) is 5.73 Å².